The van der Waals surface area contributed by atoms with Gasteiger partial charge in [0, 0.05) is 33.5 Å². The number of aromatic nitrogens is 2. The van der Waals surface area contributed by atoms with Gasteiger partial charge in [-0.1, -0.05) is 5.16 Å². The molecule has 0 bridgehead atoms. The lowest BCUT2D eigenvalue weighted by Crippen LogP contribution is -2.47. The average molecular weight is 294 g/mol. The molecule has 0 radical (unpaired) electrons. The molecule has 1 amide bonds. The maximum absolute atomic E-state index is 11.1. The molecule has 1 unspecified atom stereocenters. The highest BCUT2D eigenvalue weighted by Crippen LogP contribution is 2.19. The van der Waals surface area contributed by atoms with Crippen molar-refractivity contribution in [1.29, 1.82) is 0 Å². The van der Waals surface area contributed by atoms with Crippen molar-refractivity contribution in [3.63, 3.8) is 0 Å². The molecule has 2 rings (SSSR count). The molecule has 0 aliphatic carbocycles. The summed E-state index contributed by atoms with van der Waals surface area (Å²) < 4.78 is 4.93. The molecule has 21 heavy (non-hydrogen) atoms. The maximum Gasteiger partial charge on any atom is 0.223 e. The Kier molecular flexibility index (Phi) is 5.13. The average Bonchev–Trinajstić information content (AvgIpc) is 2.85. The molecular formula is C13H22N6O2. The van der Waals surface area contributed by atoms with Crippen LogP contribution in [-0.4, -0.2) is 47.0 Å². The summed E-state index contributed by atoms with van der Waals surface area (Å²) in [5.74, 6) is 1.97. The number of aryl methyl sites for hydroxylation is 1. The molecule has 1 aliphatic heterocycles. The van der Waals surface area contributed by atoms with E-state index in [1.165, 1.54) is 0 Å². The minimum Gasteiger partial charge on any atom is -0.370 e. The van der Waals surface area contributed by atoms with Gasteiger partial charge in [-0.2, -0.15) is 4.98 Å². The first-order chi connectivity index (χ1) is 10.1. The summed E-state index contributed by atoms with van der Waals surface area (Å²) in [6.45, 7) is 3.92. The maximum atomic E-state index is 11.1. The van der Waals surface area contributed by atoms with Gasteiger partial charge in [-0.25, -0.2) is 0 Å². The van der Waals surface area contributed by atoms with Crippen LogP contribution in [0.3, 0.4) is 0 Å². The van der Waals surface area contributed by atoms with Crippen LogP contribution in [0.25, 0.3) is 0 Å². The number of carbonyl (C=O) groups excluding carboxylic acids is 1. The van der Waals surface area contributed by atoms with Crippen molar-refractivity contribution < 1.29 is 9.32 Å². The Morgan fingerprint density at radius 2 is 2.43 bits per heavy atom. The topological polar surface area (TPSA) is 110 Å². The fourth-order valence-corrected chi connectivity index (χ4v) is 2.61. The van der Waals surface area contributed by atoms with E-state index in [-0.39, 0.29) is 5.91 Å². The van der Waals surface area contributed by atoms with E-state index in [0.29, 0.717) is 30.6 Å². The third kappa shape index (κ3) is 4.44. The van der Waals surface area contributed by atoms with E-state index in [4.69, 9.17) is 10.3 Å². The lowest BCUT2D eigenvalue weighted by atomic mass is 9.95. The Hall–Kier alpha value is -2.12. The smallest absolute Gasteiger partial charge is 0.223 e. The fraction of sp³-hybridized carbons (Fsp3) is 0.692. The van der Waals surface area contributed by atoms with E-state index in [0.717, 1.165) is 31.9 Å². The van der Waals surface area contributed by atoms with Crippen LogP contribution in [0.5, 0.6) is 0 Å². The summed E-state index contributed by atoms with van der Waals surface area (Å²) in [5.41, 5.74) is 5.28. The van der Waals surface area contributed by atoms with Crippen LogP contribution in [-0.2, 0) is 11.3 Å². The number of aliphatic imine (C=N–C) groups is 1. The van der Waals surface area contributed by atoms with E-state index in [1.54, 1.807) is 14.0 Å². The number of hydrogen-bond acceptors (Lipinski definition) is 5. The zero-order valence-electron chi connectivity index (χ0n) is 12.5. The number of amides is 1. The van der Waals surface area contributed by atoms with Crippen LogP contribution >= 0.6 is 0 Å². The number of nitrogens with two attached hydrogens (primary N) is 1. The van der Waals surface area contributed by atoms with Crippen molar-refractivity contribution in [2.24, 2.45) is 16.6 Å². The largest absolute Gasteiger partial charge is 0.370 e. The molecule has 1 aromatic rings. The summed E-state index contributed by atoms with van der Waals surface area (Å²) in [7, 11) is 1.74. The first-order valence-electron chi connectivity index (χ1n) is 7.11. The number of guanidine groups is 1. The van der Waals surface area contributed by atoms with Crippen molar-refractivity contribution in [1.82, 2.24) is 20.4 Å². The fourth-order valence-electron chi connectivity index (χ4n) is 2.61. The number of carbonyl (C=O) groups is 1. The molecule has 0 saturated carbocycles. The Labute approximate surface area is 123 Å². The molecule has 1 fully saturated rings. The van der Waals surface area contributed by atoms with Crippen LogP contribution < -0.4 is 11.1 Å². The van der Waals surface area contributed by atoms with E-state index in [2.05, 4.69) is 25.3 Å². The molecule has 3 N–H and O–H groups in total. The van der Waals surface area contributed by atoms with Gasteiger partial charge in [-0.15, -0.1) is 0 Å². The molecule has 1 aliphatic rings. The zero-order valence-corrected chi connectivity index (χ0v) is 12.5. The molecule has 1 aromatic heterocycles. The van der Waals surface area contributed by atoms with Crippen molar-refractivity contribution in [3.05, 3.63) is 11.7 Å². The number of primary amides is 1. The Bertz CT molecular complexity index is 513. The zero-order chi connectivity index (χ0) is 15.2. The molecule has 1 saturated heterocycles. The van der Waals surface area contributed by atoms with Gasteiger partial charge < -0.3 is 20.5 Å². The summed E-state index contributed by atoms with van der Waals surface area (Å²) >= 11 is 0. The number of nitrogens with one attached hydrogen (secondary N) is 1. The van der Waals surface area contributed by atoms with Crippen LogP contribution in [0, 0.1) is 12.8 Å². The van der Waals surface area contributed by atoms with Crippen molar-refractivity contribution in [2.45, 2.75) is 32.7 Å². The van der Waals surface area contributed by atoms with E-state index >= 15 is 0 Å². The monoisotopic (exact) mass is 294 g/mol. The Balaban J connectivity index is 1.89. The van der Waals surface area contributed by atoms with E-state index < -0.39 is 0 Å². The molecule has 8 nitrogen and oxygen atoms in total. The van der Waals surface area contributed by atoms with Gasteiger partial charge in [-0.05, 0) is 18.8 Å². The van der Waals surface area contributed by atoms with Gasteiger partial charge in [-0.3, -0.25) is 9.79 Å². The first kappa shape index (κ1) is 15.3. The summed E-state index contributed by atoms with van der Waals surface area (Å²) in [5, 5.41) is 7.06. The molecule has 1 atom stereocenters. The van der Waals surface area contributed by atoms with Gasteiger partial charge in [0.25, 0.3) is 0 Å². The third-order valence-corrected chi connectivity index (χ3v) is 3.49. The van der Waals surface area contributed by atoms with E-state index in [9.17, 15) is 4.79 Å². The minimum atomic E-state index is -0.243. The lowest BCUT2D eigenvalue weighted by molar-refractivity contribution is -0.119. The SMILES string of the molecule is CN=C(NCc1noc(C)n1)N1CCCC(CC(N)=O)C1. The van der Waals surface area contributed by atoms with Crippen molar-refractivity contribution >= 4 is 11.9 Å². The molecule has 8 heteroatoms. The Morgan fingerprint density at radius 1 is 1.62 bits per heavy atom. The number of hydrogen-bond donors (Lipinski definition) is 2. The molecule has 0 aromatic carbocycles. The summed E-state index contributed by atoms with van der Waals surface area (Å²) in [6.07, 6.45) is 2.48. The second-order valence-electron chi connectivity index (χ2n) is 5.26. The Morgan fingerprint density at radius 3 is 3.05 bits per heavy atom. The number of likely N-dealkylation sites (tertiary alicyclic amines) is 1. The van der Waals surface area contributed by atoms with Gasteiger partial charge in [0.2, 0.25) is 11.8 Å². The standard InChI is InChI=1S/C13H22N6O2/c1-9-17-12(18-21-9)7-16-13(15-2)19-5-3-4-10(8-19)6-11(14)20/h10H,3-8H2,1-2H3,(H2,14,20)(H,15,16). The molecule has 2 heterocycles. The molecule has 116 valence electrons. The van der Waals surface area contributed by atoms with Crippen molar-refractivity contribution in [2.75, 3.05) is 20.1 Å². The normalized spacial score (nSPS) is 19.6. The quantitative estimate of drug-likeness (QED) is 0.599. The van der Waals surface area contributed by atoms with Gasteiger partial charge in [0.05, 0.1) is 6.54 Å². The van der Waals surface area contributed by atoms with Crippen LogP contribution in [0.15, 0.2) is 9.52 Å². The van der Waals surface area contributed by atoms with Gasteiger partial charge >= 0.3 is 0 Å². The van der Waals surface area contributed by atoms with Crippen LogP contribution in [0.2, 0.25) is 0 Å². The summed E-state index contributed by atoms with van der Waals surface area (Å²) in [6, 6.07) is 0. The minimum absolute atomic E-state index is 0.243. The van der Waals surface area contributed by atoms with Crippen LogP contribution in [0.1, 0.15) is 31.0 Å². The second-order valence-corrected chi connectivity index (χ2v) is 5.26. The van der Waals surface area contributed by atoms with Gasteiger partial charge in [0.1, 0.15) is 0 Å². The highest BCUT2D eigenvalue weighted by molar-refractivity contribution is 5.80. The van der Waals surface area contributed by atoms with Gasteiger partial charge in [0.15, 0.2) is 11.8 Å². The second kappa shape index (κ2) is 7.05. The predicted octanol–water partition coefficient (Wildman–Crippen LogP) is 0.0408. The predicted molar refractivity (Wildman–Crippen MR) is 77.3 cm³/mol. The van der Waals surface area contributed by atoms with Crippen LogP contribution in [0.4, 0.5) is 0 Å². The lowest BCUT2D eigenvalue weighted by Gasteiger charge is -2.34. The van der Waals surface area contributed by atoms with E-state index in [1.807, 2.05) is 0 Å². The highest BCUT2D eigenvalue weighted by atomic mass is 16.5. The number of nitrogens with zero attached hydrogens (tertiary/aromatic N) is 4. The van der Waals surface area contributed by atoms with Crippen molar-refractivity contribution in [3.8, 4) is 0 Å². The highest BCUT2D eigenvalue weighted by Gasteiger charge is 2.23. The number of rotatable bonds is 4. The molecule has 0 spiro atoms. The third-order valence-electron chi connectivity index (χ3n) is 3.49. The summed E-state index contributed by atoms with van der Waals surface area (Å²) in [4.78, 5) is 21.6. The molecular weight excluding hydrogens is 272 g/mol. The first-order valence-corrected chi connectivity index (χ1v) is 7.11. The number of piperidine rings is 1.